The largest absolute Gasteiger partial charge is 0.395 e. The lowest BCUT2D eigenvalue weighted by molar-refractivity contribution is 0.254. The molecule has 22 heavy (non-hydrogen) atoms. The number of rotatable bonds is 16. The van der Waals surface area contributed by atoms with E-state index in [0.717, 1.165) is 6.04 Å². The molecular formula is C19H40O2Si. The van der Waals surface area contributed by atoms with Crippen LogP contribution < -0.4 is 0 Å². The predicted octanol–water partition coefficient (Wildman–Crippen LogP) is 6.54. The van der Waals surface area contributed by atoms with Gasteiger partial charge in [0, 0.05) is 14.2 Å². The van der Waals surface area contributed by atoms with E-state index in [1.54, 1.807) is 14.2 Å². The minimum absolute atomic E-state index is 1.09. The van der Waals surface area contributed by atoms with Crippen LogP contribution in [-0.4, -0.2) is 22.8 Å². The Balaban J connectivity index is 3.42. The monoisotopic (exact) mass is 328 g/mol. The first-order chi connectivity index (χ1) is 10.7. The Morgan fingerprint density at radius 3 is 1.45 bits per heavy atom. The molecule has 0 aliphatic carbocycles. The molecule has 0 saturated carbocycles. The van der Waals surface area contributed by atoms with E-state index >= 15 is 0 Å². The fourth-order valence-corrected chi connectivity index (χ4v) is 5.24. The molecule has 3 heteroatoms. The van der Waals surface area contributed by atoms with Gasteiger partial charge in [0.2, 0.25) is 0 Å². The fraction of sp³-hybridized carbons (Fsp3) is 0.895. The van der Waals surface area contributed by atoms with Gasteiger partial charge in [-0.15, -0.1) is 0 Å². The highest BCUT2D eigenvalue weighted by atomic mass is 28.4. The van der Waals surface area contributed by atoms with Crippen molar-refractivity contribution in [2.75, 3.05) is 14.2 Å². The molecule has 0 aliphatic heterocycles. The first-order valence-electron chi connectivity index (χ1n) is 9.48. The molecule has 132 valence electrons. The van der Waals surface area contributed by atoms with Gasteiger partial charge in [-0.1, -0.05) is 90.0 Å². The summed E-state index contributed by atoms with van der Waals surface area (Å²) in [6, 6.07) is 1.09. The Kier molecular flexibility index (Phi) is 15.7. The van der Waals surface area contributed by atoms with E-state index in [4.69, 9.17) is 8.85 Å². The maximum Gasteiger partial charge on any atom is 0.364 e. The summed E-state index contributed by atoms with van der Waals surface area (Å²) < 4.78 is 11.3. The minimum Gasteiger partial charge on any atom is -0.395 e. The summed E-state index contributed by atoms with van der Waals surface area (Å²) in [7, 11) is 1.55. The summed E-state index contributed by atoms with van der Waals surface area (Å²) in [5.74, 6) is 0. The first-order valence-corrected chi connectivity index (χ1v) is 11.6. The molecule has 0 aromatic heterocycles. The van der Waals surface area contributed by atoms with Gasteiger partial charge in [-0.2, -0.15) is 0 Å². The van der Waals surface area contributed by atoms with Gasteiger partial charge in [-0.05, 0) is 18.7 Å². The molecule has 0 bridgehead atoms. The number of hydrogen-bond acceptors (Lipinski definition) is 2. The smallest absolute Gasteiger partial charge is 0.364 e. The van der Waals surface area contributed by atoms with Crippen molar-refractivity contribution in [3.63, 3.8) is 0 Å². The Morgan fingerprint density at radius 1 is 0.682 bits per heavy atom. The molecule has 0 heterocycles. The molecule has 0 atom stereocenters. The highest BCUT2D eigenvalue weighted by Gasteiger charge is 2.31. The Hall–Kier alpha value is -0.123. The van der Waals surface area contributed by atoms with Crippen molar-refractivity contribution in [1.29, 1.82) is 0 Å². The van der Waals surface area contributed by atoms with E-state index in [0.29, 0.717) is 0 Å². The topological polar surface area (TPSA) is 18.5 Å². The van der Waals surface area contributed by atoms with Gasteiger partial charge in [-0.3, -0.25) is 0 Å². The SMILES string of the molecule is CC=C[Si](CCCCCCCCCCCCCC)(OC)OC. The molecule has 0 unspecified atom stereocenters. The van der Waals surface area contributed by atoms with Crippen LogP contribution in [0.3, 0.4) is 0 Å². The van der Waals surface area contributed by atoms with Crippen molar-refractivity contribution >= 4 is 8.56 Å². The normalized spacial score (nSPS) is 12.4. The quantitative estimate of drug-likeness (QED) is 0.236. The third kappa shape index (κ3) is 11.4. The molecule has 0 radical (unpaired) electrons. The summed E-state index contributed by atoms with van der Waals surface area (Å²) in [6.45, 7) is 4.33. The lowest BCUT2D eigenvalue weighted by Crippen LogP contribution is -2.37. The van der Waals surface area contributed by atoms with Crippen LogP contribution in [0.15, 0.2) is 11.8 Å². The Labute approximate surface area is 140 Å². The van der Waals surface area contributed by atoms with E-state index in [-0.39, 0.29) is 0 Å². The third-order valence-corrected chi connectivity index (χ3v) is 7.76. The van der Waals surface area contributed by atoms with Gasteiger partial charge in [0.1, 0.15) is 0 Å². The molecular weight excluding hydrogens is 288 g/mol. The van der Waals surface area contributed by atoms with Gasteiger partial charge < -0.3 is 8.85 Å². The van der Waals surface area contributed by atoms with Crippen molar-refractivity contribution in [2.45, 2.75) is 96.9 Å². The van der Waals surface area contributed by atoms with Crippen LogP contribution in [-0.2, 0) is 8.85 Å². The van der Waals surface area contributed by atoms with Crippen molar-refractivity contribution in [3.8, 4) is 0 Å². The average Bonchev–Trinajstić information content (AvgIpc) is 2.55. The molecule has 2 nitrogen and oxygen atoms in total. The molecule has 0 saturated heterocycles. The van der Waals surface area contributed by atoms with Gasteiger partial charge in [0.25, 0.3) is 0 Å². The van der Waals surface area contributed by atoms with Crippen LogP contribution in [0.2, 0.25) is 6.04 Å². The number of hydrogen-bond donors (Lipinski definition) is 0. The second kappa shape index (κ2) is 15.8. The van der Waals surface area contributed by atoms with Crippen LogP contribution >= 0.6 is 0 Å². The van der Waals surface area contributed by atoms with Crippen molar-refractivity contribution < 1.29 is 8.85 Å². The van der Waals surface area contributed by atoms with E-state index in [1.165, 1.54) is 77.0 Å². The van der Waals surface area contributed by atoms with Gasteiger partial charge in [0.05, 0.1) is 0 Å². The summed E-state index contributed by atoms with van der Waals surface area (Å²) >= 11 is 0. The van der Waals surface area contributed by atoms with Crippen LogP contribution in [0.4, 0.5) is 0 Å². The molecule has 0 spiro atoms. The molecule has 0 N–H and O–H groups in total. The lowest BCUT2D eigenvalue weighted by Gasteiger charge is -2.23. The Morgan fingerprint density at radius 2 is 1.09 bits per heavy atom. The number of unbranched alkanes of at least 4 members (excludes halogenated alkanes) is 11. The van der Waals surface area contributed by atoms with Crippen molar-refractivity contribution in [2.24, 2.45) is 0 Å². The van der Waals surface area contributed by atoms with Crippen molar-refractivity contribution in [3.05, 3.63) is 11.8 Å². The van der Waals surface area contributed by atoms with Crippen LogP contribution in [0.25, 0.3) is 0 Å². The van der Waals surface area contributed by atoms with Gasteiger partial charge in [-0.25, -0.2) is 0 Å². The molecule has 0 amide bonds. The second-order valence-electron chi connectivity index (χ2n) is 6.36. The lowest BCUT2D eigenvalue weighted by atomic mass is 10.1. The second-order valence-corrected chi connectivity index (χ2v) is 9.63. The highest BCUT2D eigenvalue weighted by Crippen LogP contribution is 2.19. The zero-order valence-electron chi connectivity index (χ0n) is 15.7. The van der Waals surface area contributed by atoms with Gasteiger partial charge >= 0.3 is 8.56 Å². The molecule has 0 fully saturated rings. The first kappa shape index (κ1) is 21.9. The summed E-state index contributed by atoms with van der Waals surface area (Å²) in [5, 5.41) is 0. The highest BCUT2D eigenvalue weighted by molar-refractivity contribution is 6.72. The molecule has 0 aromatic rings. The predicted molar refractivity (Wildman–Crippen MR) is 100 cm³/mol. The van der Waals surface area contributed by atoms with E-state index in [1.807, 2.05) is 6.92 Å². The summed E-state index contributed by atoms with van der Waals surface area (Å²) in [6.07, 6.45) is 18.8. The average molecular weight is 329 g/mol. The zero-order chi connectivity index (χ0) is 16.5. The maximum atomic E-state index is 5.66. The van der Waals surface area contributed by atoms with E-state index in [2.05, 4.69) is 18.7 Å². The van der Waals surface area contributed by atoms with Crippen molar-refractivity contribution in [1.82, 2.24) is 0 Å². The standard InChI is InChI=1S/C19H40O2Si/c1-5-7-8-9-10-11-12-13-14-15-16-17-19-22(20-3,21-4)18-6-2/h6,18H,5,7-17,19H2,1-4H3. The Bertz CT molecular complexity index is 250. The van der Waals surface area contributed by atoms with Crippen LogP contribution in [0.1, 0.15) is 90.9 Å². The zero-order valence-corrected chi connectivity index (χ0v) is 16.7. The molecule has 0 aromatic carbocycles. The molecule has 0 aliphatic rings. The van der Waals surface area contributed by atoms with Crippen LogP contribution in [0.5, 0.6) is 0 Å². The summed E-state index contributed by atoms with van der Waals surface area (Å²) in [4.78, 5) is 0. The molecule has 0 rings (SSSR count). The summed E-state index contributed by atoms with van der Waals surface area (Å²) in [5.41, 5.74) is 2.16. The van der Waals surface area contributed by atoms with E-state index < -0.39 is 8.56 Å². The van der Waals surface area contributed by atoms with Crippen LogP contribution in [0, 0.1) is 0 Å². The number of allylic oxidation sites excluding steroid dienone is 1. The fourth-order valence-electron chi connectivity index (χ4n) is 2.97. The van der Waals surface area contributed by atoms with E-state index in [9.17, 15) is 0 Å². The van der Waals surface area contributed by atoms with Gasteiger partial charge in [0.15, 0.2) is 0 Å². The minimum atomic E-state index is -2.02. The maximum absolute atomic E-state index is 5.66. The third-order valence-electron chi connectivity index (χ3n) is 4.49.